The van der Waals surface area contributed by atoms with E-state index in [9.17, 15) is 13.6 Å². The molecule has 0 aromatic heterocycles. The molecule has 2 N–H and O–H groups in total. The summed E-state index contributed by atoms with van der Waals surface area (Å²) in [7, 11) is 0. The Bertz CT molecular complexity index is 460. The fourth-order valence-corrected chi connectivity index (χ4v) is 1.99. The average molecular weight is 256 g/mol. The van der Waals surface area contributed by atoms with Crippen molar-refractivity contribution in [2.45, 2.75) is 6.54 Å². The fraction of sp³-hybridized carbons (Fsp3) is 0.417. The predicted molar refractivity (Wildman–Crippen MR) is 61.5 cm³/mol. The van der Waals surface area contributed by atoms with Crippen molar-refractivity contribution in [1.29, 1.82) is 0 Å². The highest BCUT2D eigenvalue weighted by Crippen LogP contribution is 2.17. The monoisotopic (exact) mass is 256 g/mol. The van der Waals surface area contributed by atoms with E-state index in [-0.39, 0.29) is 5.56 Å². The number of rotatable bonds is 3. The van der Waals surface area contributed by atoms with Crippen LogP contribution in [-0.2, 0) is 6.54 Å². The summed E-state index contributed by atoms with van der Waals surface area (Å²) in [4.78, 5) is 12.8. The molecule has 18 heavy (non-hydrogen) atoms. The van der Waals surface area contributed by atoms with E-state index >= 15 is 0 Å². The lowest BCUT2D eigenvalue weighted by molar-refractivity contribution is 0.0691. The van der Waals surface area contributed by atoms with Gasteiger partial charge in [0.25, 0.3) is 0 Å². The van der Waals surface area contributed by atoms with Gasteiger partial charge in [0, 0.05) is 44.4 Å². The van der Waals surface area contributed by atoms with Crippen molar-refractivity contribution in [2.24, 2.45) is 0 Å². The molecule has 1 aromatic carbocycles. The van der Waals surface area contributed by atoms with Crippen molar-refractivity contribution in [3.05, 3.63) is 34.9 Å². The molecule has 0 spiro atoms. The second-order valence-corrected chi connectivity index (χ2v) is 4.25. The van der Waals surface area contributed by atoms with E-state index in [0.29, 0.717) is 12.6 Å². The normalized spacial score (nSPS) is 16.8. The number of nitrogens with zero attached hydrogens (tertiary/aromatic N) is 1. The second-order valence-electron chi connectivity index (χ2n) is 4.25. The van der Waals surface area contributed by atoms with Crippen molar-refractivity contribution in [3.8, 4) is 0 Å². The molecule has 0 atom stereocenters. The largest absolute Gasteiger partial charge is 0.478 e. The Hall–Kier alpha value is -1.53. The molecule has 0 amide bonds. The lowest BCUT2D eigenvalue weighted by Gasteiger charge is -2.27. The van der Waals surface area contributed by atoms with Gasteiger partial charge in [-0.1, -0.05) is 0 Å². The Morgan fingerprint density at radius 3 is 2.56 bits per heavy atom. The lowest BCUT2D eigenvalue weighted by Crippen LogP contribution is -2.43. The number of aromatic carboxylic acids is 1. The molecule has 2 rings (SSSR count). The molecular formula is C12H14F2N2O2. The summed E-state index contributed by atoms with van der Waals surface area (Å²) >= 11 is 0. The standard InChI is InChI=1S/C12H14F2N2O2/c13-10-6-11(14)9(12(17)18)5-8(10)7-16-3-1-15-2-4-16/h5-6,15H,1-4,7H2,(H,17,18). The zero-order valence-corrected chi connectivity index (χ0v) is 9.75. The molecule has 98 valence electrons. The highest BCUT2D eigenvalue weighted by Gasteiger charge is 2.17. The molecule has 6 heteroatoms. The molecule has 0 bridgehead atoms. The minimum Gasteiger partial charge on any atom is -0.478 e. The maximum absolute atomic E-state index is 13.6. The molecule has 1 aliphatic heterocycles. The first-order valence-corrected chi connectivity index (χ1v) is 5.72. The van der Waals surface area contributed by atoms with Crippen LogP contribution in [-0.4, -0.2) is 42.2 Å². The number of hydrogen-bond donors (Lipinski definition) is 2. The third kappa shape index (κ3) is 2.83. The summed E-state index contributed by atoms with van der Waals surface area (Å²) in [6.07, 6.45) is 0. The Balaban J connectivity index is 2.21. The third-order valence-electron chi connectivity index (χ3n) is 2.97. The highest BCUT2D eigenvalue weighted by atomic mass is 19.1. The van der Waals surface area contributed by atoms with Crippen molar-refractivity contribution in [1.82, 2.24) is 10.2 Å². The van der Waals surface area contributed by atoms with Crippen LogP contribution in [0.1, 0.15) is 15.9 Å². The van der Waals surface area contributed by atoms with E-state index in [4.69, 9.17) is 5.11 Å². The first-order valence-electron chi connectivity index (χ1n) is 5.72. The van der Waals surface area contributed by atoms with E-state index in [2.05, 4.69) is 5.32 Å². The lowest BCUT2D eigenvalue weighted by atomic mass is 10.1. The Kier molecular flexibility index (Phi) is 3.88. The summed E-state index contributed by atoms with van der Waals surface area (Å²) in [6, 6.07) is 1.72. The summed E-state index contributed by atoms with van der Waals surface area (Å²) in [6.45, 7) is 3.45. The first-order chi connectivity index (χ1) is 8.58. The van der Waals surface area contributed by atoms with Gasteiger partial charge in [-0.2, -0.15) is 0 Å². The van der Waals surface area contributed by atoms with Gasteiger partial charge in [0.2, 0.25) is 0 Å². The van der Waals surface area contributed by atoms with Crippen molar-refractivity contribution < 1.29 is 18.7 Å². The summed E-state index contributed by atoms with van der Waals surface area (Å²) in [5.41, 5.74) is -0.266. The maximum Gasteiger partial charge on any atom is 0.338 e. The van der Waals surface area contributed by atoms with Crippen molar-refractivity contribution >= 4 is 5.97 Å². The molecule has 1 heterocycles. The van der Waals surface area contributed by atoms with Gasteiger partial charge in [0.05, 0.1) is 5.56 Å². The smallest absolute Gasteiger partial charge is 0.338 e. The van der Waals surface area contributed by atoms with Gasteiger partial charge in [-0.3, -0.25) is 4.90 Å². The number of carboxylic acids is 1. The predicted octanol–water partition coefficient (Wildman–Crippen LogP) is 1.07. The molecule has 0 saturated carbocycles. The average Bonchev–Trinajstić information content (AvgIpc) is 2.33. The zero-order valence-electron chi connectivity index (χ0n) is 9.75. The van der Waals surface area contributed by atoms with Gasteiger partial charge < -0.3 is 10.4 Å². The summed E-state index contributed by atoms with van der Waals surface area (Å²) in [5, 5.41) is 12.0. The molecule has 1 saturated heterocycles. The van der Waals surface area contributed by atoms with Crippen LogP contribution < -0.4 is 5.32 Å². The highest BCUT2D eigenvalue weighted by molar-refractivity contribution is 5.88. The van der Waals surface area contributed by atoms with Crippen molar-refractivity contribution in [2.75, 3.05) is 26.2 Å². The van der Waals surface area contributed by atoms with Gasteiger partial charge in [0.1, 0.15) is 11.6 Å². The minimum absolute atomic E-state index is 0.218. The molecule has 0 aliphatic carbocycles. The number of piperazine rings is 1. The molecule has 0 unspecified atom stereocenters. The molecule has 1 aromatic rings. The molecular weight excluding hydrogens is 242 g/mol. The van der Waals surface area contributed by atoms with Crippen molar-refractivity contribution in [3.63, 3.8) is 0 Å². The van der Waals surface area contributed by atoms with Gasteiger partial charge in [-0.05, 0) is 6.07 Å². The van der Waals surface area contributed by atoms with E-state index in [1.165, 1.54) is 0 Å². The molecule has 0 radical (unpaired) electrons. The van der Waals surface area contributed by atoms with Crippen LogP contribution in [0.15, 0.2) is 12.1 Å². The van der Waals surface area contributed by atoms with Crippen LogP contribution in [0.5, 0.6) is 0 Å². The maximum atomic E-state index is 13.6. The first kappa shape index (κ1) is 12.9. The molecule has 4 nitrogen and oxygen atoms in total. The number of benzene rings is 1. The van der Waals surface area contributed by atoms with Gasteiger partial charge in [-0.15, -0.1) is 0 Å². The number of nitrogens with one attached hydrogen (secondary N) is 1. The topological polar surface area (TPSA) is 52.6 Å². The zero-order chi connectivity index (χ0) is 13.1. The van der Waals surface area contributed by atoms with Gasteiger partial charge in [-0.25, -0.2) is 13.6 Å². The Morgan fingerprint density at radius 1 is 1.28 bits per heavy atom. The Labute approximate surface area is 103 Å². The second kappa shape index (κ2) is 5.41. The number of hydrogen-bond acceptors (Lipinski definition) is 3. The summed E-state index contributed by atoms with van der Waals surface area (Å²) in [5.74, 6) is -3.12. The number of carbonyl (C=O) groups is 1. The van der Waals surface area contributed by atoms with E-state index in [1.807, 2.05) is 4.90 Å². The van der Waals surface area contributed by atoms with E-state index in [1.54, 1.807) is 0 Å². The van der Waals surface area contributed by atoms with Crippen LogP contribution in [0.2, 0.25) is 0 Å². The van der Waals surface area contributed by atoms with Crippen LogP contribution >= 0.6 is 0 Å². The Morgan fingerprint density at radius 2 is 1.94 bits per heavy atom. The quantitative estimate of drug-likeness (QED) is 0.849. The van der Waals surface area contributed by atoms with Crippen LogP contribution in [0.25, 0.3) is 0 Å². The minimum atomic E-state index is -1.38. The van der Waals surface area contributed by atoms with Gasteiger partial charge in [0.15, 0.2) is 0 Å². The SMILES string of the molecule is O=C(O)c1cc(CN2CCNCC2)c(F)cc1F. The van der Waals surface area contributed by atoms with E-state index < -0.39 is 23.2 Å². The number of halogens is 2. The third-order valence-corrected chi connectivity index (χ3v) is 2.97. The molecule has 1 fully saturated rings. The summed E-state index contributed by atoms with van der Waals surface area (Å²) < 4.78 is 26.8. The van der Waals surface area contributed by atoms with Gasteiger partial charge >= 0.3 is 5.97 Å². The van der Waals surface area contributed by atoms with Crippen LogP contribution in [0.4, 0.5) is 8.78 Å². The molecule has 1 aliphatic rings. The fourth-order valence-electron chi connectivity index (χ4n) is 1.99. The van der Waals surface area contributed by atoms with E-state index in [0.717, 1.165) is 32.2 Å². The number of carboxylic acid groups (broad SMARTS) is 1. The van der Waals surface area contributed by atoms with Crippen LogP contribution in [0, 0.1) is 11.6 Å². The van der Waals surface area contributed by atoms with Crippen LogP contribution in [0.3, 0.4) is 0 Å².